The quantitative estimate of drug-likeness (QED) is 0.276. The molecule has 10 heteroatoms. The van der Waals surface area contributed by atoms with E-state index in [0.717, 1.165) is 36.9 Å². The van der Waals surface area contributed by atoms with Crippen molar-refractivity contribution < 1.29 is 23.5 Å². The number of aryl methyl sites for hydroxylation is 1. The first-order chi connectivity index (χ1) is 22.2. The van der Waals surface area contributed by atoms with E-state index >= 15 is 0 Å². The van der Waals surface area contributed by atoms with Crippen molar-refractivity contribution in [3.05, 3.63) is 110 Å². The maximum absolute atomic E-state index is 12.8. The molecule has 6 rings (SSSR count). The van der Waals surface area contributed by atoms with E-state index in [-0.39, 0.29) is 35.1 Å². The number of carbonyl (C=O) groups excluding carboxylic acids is 3. The molecule has 0 bridgehead atoms. The third kappa shape index (κ3) is 7.95. The van der Waals surface area contributed by atoms with Crippen molar-refractivity contribution in [1.82, 2.24) is 15.1 Å². The minimum Gasteiger partial charge on any atom is -0.493 e. The highest BCUT2D eigenvalue weighted by Crippen LogP contribution is 2.32. The number of hydrogen-bond donors (Lipinski definition) is 1. The molecular weight excluding hydrogens is 606 g/mol. The standard InChI is InChI=1S/C29H31N3O6.C7H7Cl/c1-37-24-9-4-8-22-23(33)16-25(38-28(22)24)29(36)30-17-27(35)31-14-11-19(12-15-31)21-7-3-2-6-20(21)18-32-13-5-10-26(32)34;1-6-2-4-7(8)5-3-6/h2-4,6-9,16,19H,5,10-15,17-18H2,1H3,(H,30,36);2-5H,1H3. The molecule has 3 amide bonds. The van der Waals surface area contributed by atoms with E-state index in [1.54, 1.807) is 23.1 Å². The Morgan fingerprint density at radius 3 is 2.39 bits per heavy atom. The van der Waals surface area contributed by atoms with Crippen molar-refractivity contribution in [2.45, 2.75) is 45.1 Å². The molecule has 2 saturated heterocycles. The van der Waals surface area contributed by atoms with Gasteiger partial charge in [-0.15, -0.1) is 0 Å². The van der Waals surface area contributed by atoms with Gasteiger partial charge in [-0.2, -0.15) is 0 Å². The number of carbonyl (C=O) groups is 3. The molecule has 4 aromatic rings. The molecule has 9 nitrogen and oxygen atoms in total. The molecule has 0 atom stereocenters. The Morgan fingerprint density at radius 1 is 0.978 bits per heavy atom. The first kappa shape index (κ1) is 32.8. The van der Waals surface area contributed by atoms with Crippen molar-refractivity contribution in [3.63, 3.8) is 0 Å². The summed E-state index contributed by atoms with van der Waals surface area (Å²) in [7, 11) is 1.45. The maximum atomic E-state index is 12.8. The lowest BCUT2D eigenvalue weighted by Crippen LogP contribution is -2.44. The zero-order valence-corrected chi connectivity index (χ0v) is 26.8. The Morgan fingerprint density at radius 2 is 1.72 bits per heavy atom. The summed E-state index contributed by atoms with van der Waals surface area (Å²) in [5.74, 6) is -0.126. The van der Waals surface area contributed by atoms with E-state index in [1.807, 2.05) is 48.2 Å². The zero-order valence-electron chi connectivity index (χ0n) is 26.1. The van der Waals surface area contributed by atoms with Crippen LogP contribution in [0.4, 0.5) is 0 Å². The number of fused-ring (bicyclic) bond motifs is 1. The summed E-state index contributed by atoms with van der Waals surface area (Å²) in [6.45, 7) is 4.46. The monoisotopic (exact) mass is 643 g/mol. The van der Waals surface area contributed by atoms with Gasteiger partial charge in [0.2, 0.25) is 11.8 Å². The normalized spacial score (nSPS) is 15.0. The van der Waals surface area contributed by atoms with Crippen LogP contribution in [0.3, 0.4) is 0 Å². The highest BCUT2D eigenvalue weighted by molar-refractivity contribution is 6.30. The summed E-state index contributed by atoms with van der Waals surface area (Å²) in [5, 5.41) is 3.70. The van der Waals surface area contributed by atoms with Crippen molar-refractivity contribution in [2.75, 3.05) is 33.3 Å². The predicted octanol–water partition coefficient (Wildman–Crippen LogP) is 5.71. The van der Waals surface area contributed by atoms with Gasteiger partial charge in [-0.25, -0.2) is 0 Å². The number of halogens is 1. The summed E-state index contributed by atoms with van der Waals surface area (Å²) >= 11 is 5.61. The second-order valence-electron chi connectivity index (χ2n) is 11.6. The smallest absolute Gasteiger partial charge is 0.287 e. The van der Waals surface area contributed by atoms with Crippen LogP contribution in [0.1, 0.15) is 58.8 Å². The second-order valence-corrected chi connectivity index (χ2v) is 12.0. The topological polar surface area (TPSA) is 109 Å². The van der Waals surface area contributed by atoms with Crippen LogP contribution in [0.2, 0.25) is 5.02 Å². The van der Waals surface area contributed by atoms with E-state index < -0.39 is 5.91 Å². The van der Waals surface area contributed by atoms with Crippen LogP contribution in [-0.4, -0.2) is 60.8 Å². The van der Waals surface area contributed by atoms with Gasteiger partial charge >= 0.3 is 0 Å². The molecule has 1 N–H and O–H groups in total. The van der Waals surface area contributed by atoms with Crippen molar-refractivity contribution in [3.8, 4) is 5.75 Å². The molecule has 2 aliphatic heterocycles. The van der Waals surface area contributed by atoms with Crippen molar-refractivity contribution in [2.24, 2.45) is 0 Å². The molecule has 3 heterocycles. The van der Waals surface area contributed by atoms with Gasteiger partial charge in [0.25, 0.3) is 5.91 Å². The first-order valence-electron chi connectivity index (χ1n) is 15.5. The zero-order chi connectivity index (χ0) is 32.6. The number of methoxy groups -OCH3 is 1. The third-order valence-corrected chi connectivity index (χ3v) is 8.70. The molecule has 0 unspecified atom stereocenters. The SMILES string of the molecule is COc1cccc2c(=O)cc(C(=O)NCC(=O)N3CCC(c4ccccc4CN4CCCC4=O)CC3)oc12.Cc1ccc(Cl)cc1. The summed E-state index contributed by atoms with van der Waals surface area (Å²) in [6, 6.07) is 22.0. The van der Waals surface area contributed by atoms with Crippen LogP contribution in [0.25, 0.3) is 11.0 Å². The molecule has 46 heavy (non-hydrogen) atoms. The van der Waals surface area contributed by atoms with Gasteiger partial charge in [0, 0.05) is 43.7 Å². The lowest BCUT2D eigenvalue weighted by Gasteiger charge is -2.33. The largest absolute Gasteiger partial charge is 0.493 e. The molecule has 1 aromatic heterocycles. The predicted molar refractivity (Wildman–Crippen MR) is 177 cm³/mol. The Kier molecular flexibility index (Phi) is 10.8. The van der Waals surface area contributed by atoms with E-state index in [2.05, 4.69) is 17.4 Å². The molecular formula is C36H38ClN3O6. The molecule has 3 aromatic carbocycles. The van der Waals surface area contributed by atoms with Crippen LogP contribution in [0.15, 0.2) is 82.0 Å². The molecule has 0 spiro atoms. The average molecular weight is 644 g/mol. The van der Waals surface area contributed by atoms with Crippen molar-refractivity contribution >= 4 is 40.3 Å². The number of benzene rings is 3. The summed E-state index contributed by atoms with van der Waals surface area (Å²) in [5.41, 5.74) is 3.49. The average Bonchev–Trinajstić information content (AvgIpc) is 3.48. The molecule has 0 aliphatic carbocycles. The van der Waals surface area contributed by atoms with Crippen LogP contribution in [0.5, 0.6) is 5.75 Å². The summed E-state index contributed by atoms with van der Waals surface area (Å²) < 4.78 is 10.9. The van der Waals surface area contributed by atoms with Gasteiger partial charge in [-0.3, -0.25) is 19.2 Å². The minimum atomic E-state index is -0.636. The number of piperidine rings is 1. The van der Waals surface area contributed by atoms with Gasteiger partial charge in [0.1, 0.15) is 0 Å². The fourth-order valence-electron chi connectivity index (χ4n) is 5.91. The molecule has 0 radical (unpaired) electrons. The summed E-state index contributed by atoms with van der Waals surface area (Å²) in [4.78, 5) is 53.8. The van der Waals surface area contributed by atoms with E-state index in [9.17, 15) is 19.2 Å². The number of rotatable bonds is 7. The number of hydrogen-bond acceptors (Lipinski definition) is 6. The number of nitrogens with one attached hydrogen (secondary N) is 1. The number of nitrogens with zero attached hydrogens (tertiary/aromatic N) is 2. The number of ether oxygens (including phenoxy) is 1. The maximum Gasteiger partial charge on any atom is 0.287 e. The van der Waals surface area contributed by atoms with Gasteiger partial charge in [-0.05, 0) is 67.5 Å². The molecule has 2 fully saturated rings. The van der Waals surface area contributed by atoms with Gasteiger partial charge in [0.05, 0.1) is 19.0 Å². The highest BCUT2D eigenvalue weighted by Gasteiger charge is 2.27. The Hall–Kier alpha value is -4.63. The Labute approximate surface area is 273 Å². The Balaban J connectivity index is 0.000000455. The highest BCUT2D eigenvalue weighted by atomic mass is 35.5. The lowest BCUT2D eigenvalue weighted by atomic mass is 9.86. The molecule has 2 aliphatic rings. The fraction of sp³-hybridized carbons (Fsp3) is 0.333. The number of amides is 3. The van der Waals surface area contributed by atoms with Crippen LogP contribution >= 0.6 is 11.6 Å². The van der Waals surface area contributed by atoms with E-state index in [4.69, 9.17) is 20.8 Å². The fourth-order valence-corrected chi connectivity index (χ4v) is 6.03. The lowest BCUT2D eigenvalue weighted by molar-refractivity contribution is -0.131. The first-order valence-corrected chi connectivity index (χ1v) is 15.9. The van der Waals surface area contributed by atoms with Gasteiger partial charge in [0.15, 0.2) is 22.5 Å². The number of likely N-dealkylation sites (tertiary alicyclic amines) is 2. The Bertz CT molecular complexity index is 1740. The van der Waals surface area contributed by atoms with Gasteiger partial charge in [-0.1, -0.05) is 59.6 Å². The van der Waals surface area contributed by atoms with E-state index in [0.29, 0.717) is 43.1 Å². The number of para-hydroxylation sites is 1. The van der Waals surface area contributed by atoms with Gasteiger partial charge < -0.3 is 24.3 Å². The molecule has 0 saturated carbocycles. The van der Waals surface area contributed by atoms with Crippen LogP contribution < -0.4 is 15.5 Å². The minimum absolute atomic E-state index is 0.174. The van der Waals surface area contributed by atoms with Crippen LogP contribution in [-0.2, 0) is 16.1 Å². The van der Waals surface area contributed by atoms with Crippen molar-refractivity contribution in [1.29, 1.82) is 0 Å². The van der Waals surface area contributed by atoms with E-state index in [1.165, 1.54) is 23.8 Å². The second kappa shape index (κ2) is 15.1. The third-order valence-electron chi connectivity index (χ3n) is 8.45. The molecule has 240 valence electrons. The van der Waals surface area contributed by atoms with Crippen LogP contribution in [0, 0.1) is 6.92 Å². The summed E-state index contributed by atoms with van der Waals surface area (Å²) in [6.07, 6.45) is 3.16.